The summed E-state index contributed by atoms with van der Waals surface area (Å²) >= 11 is 5.71. The third-order valence-electron chi connectivity index (χ3n) is 4.08. The molecule has 0 radical (unpaired) electrons. The monoisotopic (exact) mass is 320 g/mol. The van der Waals surface area contributed by atoms with Crippen LogP contribution in [0, 0.1) is 0 Å². The van der Waals surface area contributed by atoms with Crippen LogP contribution in [0.1, 0.15) is 25.1 Å². The first-order valence-electron chi connectivity index (χ1n) is 7.04. The Hall–Kier alpha value is -1.08. The van der Waals surface area contributed by atoms with Crippen molar-refractivity contribution in [1.82, 2.24) is 14.9 Å². The zero-order valence-corrected chi connectivity index (χ0v) is 12.2. The summed E-state index contributed by atoms with van der Waals surface area (Å²) < 4.78 is 38.2. The number of hydrogen-bond donors (Lipinski definition) is 0. The van der Waals surface area contributed by atoms with E-state index in [1.165, 1.54) is 18.9 Å². The number of anilines is 1. The van der Waals surface area contributed by atoms with Crippen LogP contribution in [-0.2, 0) is 6.18 Å². The van der Waals surface area contributed by atoms with E-state index in [0.717, 1.165) is 19.5 Å². The third-order valence-corrected chi connectivity index (χ3v) is 4.27. The minimum atomic E-state index is -4.58. The predicted molar refractivity (Wildman–Crippen MR) is 73.5 cm³/mol. The summed E-state index contributed by atoms with van der Waals surface area (Å²) in [6, 6.07) is 1.80. The smallest absolute Gasteiger partial charge is 0.355 e. The molecule has 0 N–H and O–H groups in total. The number of nitrogens with zero attached hydrogens (tertiary/aromatic N) is 4. The van der Waals surface area contributed by atoms with Crippen molar-refractivity contribution in [2.75, 3.05) is 31.1 Å². The van der Waals surface area contributed by atoms with Crippen LogP contribution in [0.25, 0.3) is 0 Å². The lowest BCUT2D eigenvalue weighted by molar-refractivity contribution is -0.144. The highest BCUT2D eigenvalue weighted by molar-refractivity contribution is 6.29. The van der Waals surface area contributed by atoms with E-state index >= 15 is 0 Å². The van der Waals surface area contributed by atoms with E-state index in [2.05, 4.69) is 14.9 Å². The van der Waals surface area contributed by atoms with Gasteiger partial charge in [-0.3, -0.25) is 4.90 Å². The summed E-state index contributed by atoms with van der Waals surface area (Å²) in [4.78, 5) is 11.2. The highest BCUT2D eigenvalue weighted by Gasteiger charge is 2.37. The second-order valence-corrected chi connectivity index (χ2v) is 5.89. The zero-order chi connectivity index (χ0) is 15.0. The molecule has 0 aromatic carbocycles. The van der Waals surface area contributed by atoms with Gasteiger partial charge in [-0.15, -0.1) is 0 Å². The van der Waals surface area contributed by atoms with Gasteiger partial charge in [0.2, 0.25) is 5.82 Å². The van der Waals surface area contributed by atoms with Crippen LogP contribution >= 0.6 is 11.6 Å². The number of hydrogen-bond acceptors (Lipinski definition) is 4. The standard InChI is InChI=1S/C13H16ClF3N4/c14-10-7-11(19-12(18-10)13(15,16)17)21-6-3-9(8-21)20-4-1-2-5-20/h7,9H,1-6,8H2. The molecule has 3 rings (SSSR count). The molecule has 0 amide bonds. The molecule has 2 aliphatic rings. The molecule has 3 heterocycles. The molecule has 1 unspecified atom stereocenters. The molecule has 1 aromatic rings. The van der Waals surface area contributed by atoms with Gasteiger partial charge in [-0.2, -0.15) is 13.2 Å². The average Bonchev–Trinajstić information content (AvgIpc) is 3.08. The topological polar surface area (TPSA) is 32.3 Å². The molecule has 8 heteroatoms. The molecule has 0 spiro atoms. The highest BCUT2D eigenvalue weighted by atomic mass is 35.5. The van der Waals surface area contributed by atoms with Gasteiger partial charge < -0.3 is 4.90 Å². The average molecular weight is 321 g/mol. The minimum absolute atomic E-state index is 0.169. The third kappa shape index (κ3) is 3.23. The maximum atomic E-state index is 12.7. The van der Waals surface area contributed by atoms with Gasteiger partial charge in [0.15, 0.2) is 0 Å². The molecule has 0 saturated carbocycles. The quantitative estimate of drug-likeness (QED) is 0.784. The zero-order valence-electron chi connectivity index (χ0n) is 11.4. The predicted octanol–water partition coefficient (Wildman–Crippen LogP) is 2.82. The summed E-state index contributed by atoms with van der Waals surface area (Å²) in [5.41, 5.74) is 0. The molecule has 1 atom stereocenters. The molecular formula is C13H16ClF3N4. The fourth-order valence-corrected chi connectivity index (χ4v) is 3.23. The number of aromatic nitrogens is 2. The van der Waals surface area contributed by atoms with Gasteiger partial charge in [0.05, 0.1) is 0 Å². The second-order valence-electron chi connectivity index (χ2n) is 5.50. The van der Waals surface area contributed by atoms with Crippen molar-refractivity contribution in [2.24, 2.45) is 0 Å². The van der Waals surface area contributed by atoms with Gasteiger partial charge in [0.25, 0.3) is 0 Å². The molecule has 21 heavy (non-hydrogen) atoms. The molecule has 1 aromatic heterocycles. The van der Waals surface area contributed by atoms with Crippen molar-refractivity contribution in [3.05, 3.63) is 17.0 Å². The van der Waals surface area contributed by atoms with Crippen molar-refractivity contribution in [2.45, 2.75) is 31.5 Å². The molecule has 2 fully saturated rings. The largest absolute Gasteiger partial charge is 0.451 e. The van der Waals surface area contributed by atoms with Crippen LogP contribution in [0.15, 0.2) is 6.07 Å². The molecule has 2 saturated heterocycles. The SMILES string of the molecule is FC(F)(F)c1nc(Cl)cc(N2CCC(N3CCCC3)C2)n1. The highest BCUT2D eigenvalue weighted by Crippen LogP contribution is 2.31. The number of halogens is 4. The Labute approximate surface area is 125 Å². The van der Waals surface area contributed by atoms with Crippen LogP contribution in [0.4, 0.5) is 19.0 Å². The Balaban J connectivity index is 1.76. The van der Waals surface area contributed by atoms with Crippen molar-refractivity contribution >= 4 is 17.4 Å². The van der Waals surface area contributed by atoms with Gasteiger partial charge >= 0.3 is 6.18 Å². The van der Waals surface area contributed by atoms with Gasteiger partial charge in [0.1, 0.15) is 11.0 Å². The van der Waals surface area contributed by atoms with Crippen molar-refractivity contribution in [1.29, 1.82) is 0 Å². The maximum Gasteiger partial charge on any atom is 0.451 e. The second kappa shape index (κ2) is 5.61. The van der Waals surface area contributed by atoms with Gasteiger partial charge in [0, 0.05) is 25.2 Å². The molecule has 4 nitrogen and oxygen atoms in total. The lowest BCUT2D eigenvalue weighted by atomic mass is 10.2. The summed E-state index contributed by atoms with van der Waals surface area (Å²) in [5, 5.41) is -0.169. The van der Waals surface area contributed by atoms with Crippen molar-refractivity contribution in [3.8, 4) is 0 Å². The molecule has 0 bridgehead atoms. The molecular weight excluding hydrogens is 305 g/mol. The van der Waals surface area contributed by atoms with Gasteiger partial charge in [-0.1, -0.05) is 11.6 Å². The number of rotatable bonds is 2. The minimum Gasteiger partial charge on any atom is -0.355 e. The van der Waals surface area contributed by atoms with Gasteiger partial charge in [-0.25, -0.2) is 9.97 Å². The lowest BCUT2D eigenvalue weighted by Crippen LogP contribution is -2.35. The van der Waals surface area contributed by atoms with Crippen molar-refractivity contribution < 1.29 is 13.2 Å². The number of likely N-dealkylation sites (tertiary alicyclic amines) is 1. The first-order chi connectivity index (χ1) is 9.93. The van der Waals surface area contributed by atoms with Gasteiger partial charge in [-0.05, 0) is 32.4 Å². The Bertz CT molecular complexity index is 517. The fraction of sp³-hybridized carbons (Fsp3) is 0.692. The van der Waals surface area contributed by atoms with E-state index in [9.17, 15) is 13.2 Å². The Morgan fingerprint density at radius 1 is 1.14 bits per heavy atom. The van der Waals surface area contributed by atoms with E-state index in [1.54, 1.807) is 0 Å². The molecule has 0 aliphatic carbocycles. The van der Waals surface area contributed by atoms with Crippen LogP contribution in [-0.4, -0.2) is 47.1 Å². The normalized spacial score (nSPS) is 24.0. The van der Waals surface area contributed by atoms with Crippen LogP contribution in [0.2, 0.25) is 5.15 Å². The Morgan fingerprint density at radius 3 is 2.52 bits per heavy atom. The first-order valence-corrected chi connectivity index (χ1v) is 7.42. The summed E-state index contributed by atoms with van der Waals surface area (Å²) in [7, 11) is 0. The van der Waals surface area contributed by atoms with E-state index in [-0.39, 0.29) is 11.0 Å². The Kier molecular flexibility index (Phi) is 3.96. The fourth-order valence-electron chi connectivity index (χ4n) is 3.05. The Morgan fingerprint density at radius 2 is 1.86 bits per heavy atom. The van der Waals surface area contributed by atoms with E-state index in [4.69, 9.17) is 11.6 Å². The van der Waals surface area contributed by atoms with Crippen LogP contribution in [0.3, 0.4) is 0 Å². The van der Waals surface area contributed by atoms with Crippen LogP contribution < -0.4 is 4.90 Å². The summed E-state index contributed by atoms with van der Waals surface area (Å²) in [5.74, 6) is -0.904. The summed E-state index contributed by atoms with van der Waals surface area (Å²) in [6.07, 6.45) is -1.22. The first kappa shape index (κ1) is 14.8. The van der Waals surface area contributed by atoms with Crippen molar-refractivity contribution in [3.63, 3.8) is 0 Å². The maximum absolute atomic E-state index is 12.7. The van der Waals surface area contributed by atoms with Crippen LogP contribution in [0.5, 0.6) is 0 Å². The summed E-state index contributed by atoms with van der Waals surface area (Å²) in [6.45, 7) is 3.56. The van der Waals surface area contributed by atoms with E-state index in [1.807, 2.05) is 4.90 Å². The van der Waals surface area contributed by atoms with E-state index < -0.39 is 12.0 Å². The molecule has 2 aliphatic heterocycles. The number of alkyl halides is 3. The molecule has 116 valence electrons. The van der Waals surface area contributed by atoms with E-state index in [0.29, 0.717) is 19.1 Å². The lowest BCUT2D eigenvalue weighted by Gasteiger charge is -2.24.